The zero-order valence-electron chi connectivity index (χ0n) is 13.9. The maximum atomic E-state index is 12.8. The minimum Gasteiger partial charge on any atom is -0.326 e. The molecule has 0 bridgehead atoms. The molecule has 6 heteroatoms. The molecule has 1 unspecified atom stereocenters. The fourth-order valence-electron chi connectivity index (χ4n) is 3.56. The molecule has 6 nitrogen and oxygen atoms in total. The standard InChI is InChI=1S/C19H20N4O2/c24-18-16(7-4-11-22(18)15-6-3-10-20-13-15)21-19(25)23-12-9-14-5-1-2-8-17(14)23/h1-3,5-6,8,10,13,16H,4,7,9,11-12H2,(H,21,25). The number of aromatic nitrogens is 1. The first-order valence-corrected chi connectivity index (χ1v) is 8.61. The van der Waals surface area contributed by atoms with E-state index >= 15 is 0 Å². The minimum absolute atomic E-state index is 0.0694. The molecule has 3 heterocycles. The normalized spacial score (nSPS) is 19.7. The molecule has 2 aliphatic heterocycles. The predicted molar refractivity (Wildman–Crippen MR) is 95.6 cm³/mol. The fraction of sp³-hybridized carbons (Fsp3) is 0.316. The third-order valence-corrected chi connectivity index (χ3v) is 4.83. The van der Waals surface area contributed by atoms with Gasteiger partial charge in [0.05, 0.1) is 11.9 Å². The molecule has 1 aromatic carbocycles. The number of para-hydroxylation sites is 1. The van der Waals surface area contributed by atoms with Crippen LogP contribution in [0.1, 0.15) is 18.4 Å². The second kappa shape index (κ2) is 6.55. The van der Waals surface area contributed by atoms with Crippen LogP contribution in [-0.2, 0) is 11.2 Å². The number of pyridine rings is 1. The molecule has 2 aromatic rings. The van der Waals surface area contributed by atoms with Gasteiger partial charge in [0.25, 0.3) is 0 Å². The van der Waals surface area contributed by atoms with Crippen LogP contribution in [0.2, 0.25) is 0 Å². The van der Waals surface area contributed by atoms with Gasteiger partial charge < -0.3 is 10.2 Å². The first kappa shape index (κ1) is 15.6. The zero-order valence-corrected chi connectivity index (χ0v) is 13.9. The summed E-state index contributed by atoms with van der Waals surface area (Å²) in [6.45, 7) is 1.31. The Morgan fingerprint density at radius 2 is 2.04 bits per heavy atom. The van der Waals surface area contributed by atoms with Gasteiger partial charge in [0, 0.05) is 25.0 Å². The van der Waals surface area contributed by atoms with Crippen LogP contribution in [0.15, 0.2) is 48.8 Å². The lowest BCUT2D eigenvalue weighted by atomic mass is 10.0. The van der Waals surface area contributed by atoms with E-state index in [9.17, 15) is 9.59 Å². The van der Waals surface area contributed by atoms with Crippen molar-refractivity contribution in [3.63, 3.8) is 0 Å². The summed E-state index contributed by atoms with van der Waals surface area (Å²) in [7, 11) is 0. The monoisotopic (exact) mass is 336 g/mol. The number of rotatable bonds is 2. The number of nitrogens with zero attached hydrogens (tertiary/aromatic N) is 3. The van der Waals surface area contributed by atoms with E-state index in [-0.39, 0.29) is 11.9 Å². The van der Waals surface area contributed by atoms with Gasteiger partial charge in [-0.25, -0.2) is 4.79 Å². The number of carbonyl (C=O) groups is 2. The Bertz CT molecular complexity index is 793. The summed E-state index contributed by atoms with van der Waals surface area (Å²) in [5, 5.41) is 2.93. The molecule has 4 rings (SSSR count). The highest BCUT2D eigenvalue weighted by molar-refractivity contribution is 6.02. The number of amides is 3. The Morgan fingerprint density at radius 3 is 2.88 bits per heavy atom. The van der Waals surface area contributed by atoms with E-state index < -0.39 is 6.04 Å². The molecular weight excluding hydrogens is 316 g/mol. The first-order valence-electron chi connectivity index (χ1n) is 8.61. The van der Waals surface area contributed by atoms with Crippen LogP contribution >= 0.6 is 0 Å². The Morgan fingerprint density at radius 1 is 1.16 bits per heavy atom. The van der Waals surface area contributed by atoms with Crippen molar-refractivity contribution in [1.29, 1.82) is 0 Å². The molecular formula is C19H20N4O2. The Kier molecular flexibility index (Phi) is 4.09. The van der Waals surface area contributed by atoms with Gasteiger partial charge in [-0.3, -0.25) is 14.7 Å². The lowest BCUT2D eigenvalue weighted by Gasteiger charge is -2.33. The number of urea groups is 1. The highest BCUT2D eigenvalue weighted by Gasteiger charge is 2.33. The van der Waals surface area contributed by atoms with E-state index in [2.05, 4.69) is 10.3 Å². The lowest BCUT2D eigenvalue weighted by Crippen LogP contribution is -2.55. The van der Waals surface area contributed by atoms with Crippen molar-refractivity contribution in [2.75, 3.05) is 22.9 Å². The van der Waals surface area contributed by atoms with Crippen molar-refractivity contribution in [3.05, 3.63) is 54.4 Å². The number of fused-ring (bicyclic) bond motifs is 1. The second-order valence-corrected chi connectivity index (χ2v) is 6.38. The van der Waals surface area contributed by atoms with Gasteiger partial charge in [-0.05, 0) is 43.0 Å². The summed E-state index contributed by atoms with van der Waals surface area (Å²) in [6, 6.07) is 10.9. The topological polar surface area (TPSA) is 65.5 Å². The maximum Gasteiger partial charge on any atom is 0.322 e. The van der Waals surface area contributed by atoms with Gasteiger partial charge >= 0.3 is 6.03 Å². The van der Waals surface area contributed by atoms with Crippen molar-refractivity contribution >= 4 is 23.3 Å². The summed E-state index contributed by atoms with van der Waals surface area (Å²) in [5.41, 5.74) is 2.88. The Labute approximate surface area is 146 Å². The van der Waals surface area contributed by atoms with Crippen LogP contribution in [0, 0.1) is 0 Å². The van der Waals surface area contributed by atoms with Crippen molar-refractivity contribution in [1.82, 2.24) is 10.3 Å². The van der Waals surface area contributed by atoms with Crippen LogP contribution in [0.4, 0.5) is 16.2 Å². The van der Waals surface area contributed by atoms with Crippen LogP contribution in [0.3, 0.4) is 0 Å². The largest absolute Gasteiger partial charge is 0.326 e. The lowest BCUT2D eigenvalue weighted by molar-refractivity contribution is -0.121. The summed E-state index contributed by atoms with van der Waals surface area (Å²) >= 11 is 0. The second-order valence-electron chi connectivity index (χ2n) is 6.38. The molecule has 1 fully saturated rings. The fourth-order valence-corrected chi connectivity index (χ4v) is 3.56. The predicted octanol–water partition coefficient (Wildman–Crippen LogP) is 2.35. The van der Waals surface area contributed by atoms with Gasteiger partial charge in [0.15, 0.2) is 0 Å². The summed E-state index contributed by atoms with van der Waals surface area (Å²) in [4.78, 5) is 33.0. The smallest absolute Gasteiger partial charge is 0.322 e. The summed E-state index contributed by atoms with van der Waals surface area (Å²) < 4.78 is 0. The number of carbonyl (C=O) groups excluding carboxylic acids is 2. The van der Waals surface area contributed by atoms with Crippen molar-refractivity contribution in [3.8, 4) is 0 Å². The molecule has 3 amide bonds. The van der Waals surface area contributed by atoms with Crippen molar-refractivity contribution < 1.29 is 9.59 Å². The van der Waals surface area contributed by atoms with Gasteiger partial charge in [-0.15, -0.1) is 0 Å². The molecule has 0 aliphatic carbocycles. The van der Waals surface area contributed by atoms with Crippen molar-refractivity contribution in [2.45, 2.75) is 25.3 Å². The van der Waals surface area contributed by atoms with E-state index in [1.54, 1.807) is 22.2 Å². The third kappa shape index (κ3) is 2.95. The number of anilines is 2. The van der Waals surface area contributed by atoms with Crippen LogP contribution in [-0.4, -0.2) is 36.1 Å². The first-order chi connectivity index (χ1) is 12.2. The minimum atomic E-state index is -0.491. The van der Waals surface area contributed by atoms with Crippen LogP contribution in [0.5, 0.6) is 0 Å². The number of nitrogens with one attached hydrogen (secondary N) is 1. The van der Waals surface area contributed by atoms with E-state index in [1.165, 1.54) is 5.56 Å². The molecule has 0 spiro atoms. The van der Waals surface area contributed by atoms with E-state index in [0.717, 1.165) is 24.2 Å². The van der Waals surface area contributed by atoms with Gasteiger partial charge in [-0.1, -0.05) is 18.2 Å². The molecule has 2 aliphatic rings. The van der Waals surface area contributed by atoms with Gasteiger partial charge in [0.2, 0.25) is 5.91 Å². The average Bonchev–Trinajstić information content (AvgIpc) is 3.08. The van der Waals surface area contributed by atoms with E-state index in [4.69, 9.17) is 0 Å². The molecule has 1 saturated heterocycles. The number of benzene rings is 1. The molecule has 128 valence electrons. The highest BCUT2D eigenvalue weighted by Crippen LogP contribution is 2.28. The van der Waals surface area contributed by atoms with Gasteiger partial charge in [-0.2, -0.15) is 0 Å². The summed E-state index contributed by atoms with van der Waals surface area (Å²) in [6.07, 6.45) is 5.73. The molecule has 25 heavy (non-hydrogen) atoms. The molecule has 0 radical (unpaired) electrons. The summed E-state index contributed by atoms with van der Waals surface area (Å²) in [5.74, 6) is -0.0694. The SMILES string of the molecule is O=C1C(NC(=O)N2CCc3ccccc32)CCCN1c1cccnc1. The Balaban J connectivity index is 1.47. The Hall–Kier alpha value is -2.89. The maximum absolute atomic E-state index is 12.8. The third-order valence-electron chi connectivity index (χ3n) is 4.83. The molecule has 1 atom stereocenters. The van der Waals surface area contributed by atoms with Crippen LogP contribution < -0.4 is 15.1 Å². The highest BCUT2D eigenvalue weighted by atomic mass is 16.2. The van der Waals surface area contributed by atoms with Crippen molar-refractivity contribution in [2.24, 2.45) is 0 Å². The molecule has 1 aromatic heterocycles. The van der Waals surface area contributed by atoms with E-state index in [0.29, 0.717) is 19.5 Å². The number of hydrogen-bond acceptors (Lipinski definition) is 3. The zero-order chi connectivity index (χ0) is 17.2. The molecule has 0 saturated carbocycles. The van der Waals surface area contributed by atoms with Gasteiger partial charge in [0.1, 0.15) is 6.04 Å². The number of piperidine rings is 1. The van der Waals surface area contributed by atoms with Crippen LogP contribution in [0.25, 0.3) is 0 Å². The molecule has 1 N–H and O–H groups in total. The number of hydrogen-bond donors (Lipinski definition) is 1. The van der Waals surface area contributed by atoms with E-state index in [1.807, 2.05) is 36.4 Å². The average molecular weight is 336 g/mol. The quantitative estimate of drug-likeness (QED) is 0.915.